The molecule has 16 heteroatoms. The molecule has 2 aromatic rings. The van der Waals surface area contributed by atoms with Gasteiger partial charge in [-0.05, 0) is 38.8 Å². The Morgan fingerprint density at radius 3 is 2.21 bits per heavy atom. The standard InChI is InChI=1S/C21H23Cl2F3N4O2.C2HF3O2/c1-11-17(27)20(10-32-11)6-8-29(9-7-20)18-15(21(24,25)26)19(31)30(12(2)28-18)14-5-3-4-13(22)16(14)23;3-2(4,5)1(6)7/h3-5,11,17H,6-10,27H2,1-2H3;(H,6,7)/t11-,17+;/m0./s1. The number of ether oxygens (including phenoxy) is 1. The summed E-state index contributed by atoms with van der Waals surface area (Å²) in [5.41, 5.74) is 3.53. The average Bonchev–Trinajstić information content (AvgIpc) is 3.09. The molecule has 2 fully saturated rings. The fourth-order valence-corrected chi connectivity index (χ4v) is 5.06. The number of rotatable bonds is 2. The molecular weight excluding hydrogens is 581 g/mol. The molecule has 2 atom stereocenters. The van der Waals surface area contributed by atoms with Gasteiger partial charge >= 0.3 is 18.3 Å². The number of aromatic nitrogens is 2. The van der Waals surface area contributed by atoms with E-state index >= 15 is 0 Å². The van der Waals surface area contributed by atoms with Crippen molar-refractivity contribution < 1.29 is 41.0 Å². The lowest BCUT2D eigenvalue weighted by molar-refractivity contribution is -0.192. The fraction of sp³-hybridized carbons (Fsp3) is 0.522. The third-order valence-electron chi connectivity index (χ3n) is 6.84. The van der Waals surface area contributed by atoms with E-state index in [1.165, 1.54) is 30.0 Å². The van der Waals surface area contributed by atoms with Crippen LogP contribution in [0.1, 0.15) is 31.2 Å². The van der Waals surface area contributed by atoms with E-state index in [0.29, 0.717) is 32.5 Å². The van der Waals surface area contributed by atoms with Gasteiger partial charge < -0.3 is 20.5 Å². The number of halogens is 8. The number of alkyl halides is 6. The van der Waals surface area contributed by atoms with Gasteiger partial charge in [-0.25, -0.2) is 9.78 Å². The first kappa shape index (κ1) is 31.0. The molecule has 2 saturated heterocycles. The summed E-state index contributed by atoms with van der Waals surface area (Å²) in [5.74, 6) is -3.05. The van der Waals surface area contributed by atoms with Gasteiger partial charge in [-0.3, -0.25) is 9.36 Å². The summed E-state index contributed by atoms with van der Waals surface area (Å²) in [6, 6.07) is 4.24. The Bertz CT molecular complexity index is 1290. The van der Waals surface area contributed by atoms with Crippen LogP contribution in [-0.4, -0.2) is 58.6 Å². The predicted molar refractivity (Wildman–Crippen MR) is 131 cm³/mol. The molecule has 0 saturated carbocycles. The molecule has 39 heavy (non-hydrogen) atoms. The third-order valence-corrected chi connectivity index (χ3v) is 7.64. The lowest BCUT2D eigenvalue weighted by atomic mass is 9.73. The van der Waals surface area contributed by atoms with Gasteiger partial charge in [0.25, 0.3) is 5.56 Å². The van der Waals surface area contributed by atoms with Crippen molar-refractivity contribution in [1.29, 1.82) is 0 Å². The lowest BCUT2D eigenvalue weighted by Gasteiger charge is -2.42. The zero-order valence-electron chi connectivity index (χ0n) is 20.5. The van der Waals surface area contributed by atoms with Crippen LogP contribution in [0.4, 0.5) is 32.2 Å². The Morgan fingerprint density at radius 2 is 1.74 bits per heavy atom. The molecule has 1 aromatic heterocycles. The summed E-state index contributed by atoms with van der Waals surface area (Å²) >= 11 is 12.2. The van der Waals surface area contributed by atoms with Gasteiger partial charge in [-0.15, -0.1) is 0 Å². The molecule has 1 aromatic carbocycles. The minimum absolute atomic E-state index is 0.0219. The number of piperidine rings is 1. The molecule has 3 heterocycles. The number of nitrogens with zero attached hydrogens (tertiary/aromatic N) is 3. The molecule has 1 spiro atoms. The second-order valence-electron chi connectivity index (χ2n) is 9.26. The molecule has 0 unspecified atom stereocenters. The molecule has 0 amide bonds. The number of benzene rings is 1. The van der Waals surface area contributed by atoms with Crippen molar-refractivity contribution in [2.24, 2.45) is 11.1 Å². The second kappa shape index (κ2) is 11.1. The normalized spacial score (nSPS) is 21.1. The van der Waals surface area contributed by atoms with Crippen molar-refractivity contribution >= 4 is 35.0 Å². The van der Waals surface area contributed by atoms with Crippen LogP contribution < -0.4 is 16.2 Å². The molecule has 2 aliphatic heterocycles. The molecule has 4 rings (SSSR count). The highest BCUT2D eigenvalue weighted by Crippen LogP contribution is 2.43. The average molecular weight is 605 g/mol. The van der Waals surface area contributed by atoms with Crippen LogP contribution in [-0.2, 0) is 15.7 Å². The fourth-order valence-electron chi connectivity index (χ4n) is 4.68. The van der Waals surface area contributed by atoms with Crippen LogP contribution in [0.2, 0.25) is 10.0 Å². The van der Waals surface area contributed by atoms with Crippen LogP contribution >= 0.6 is 23.2 Å². The number of nitrogens with two attached hydrogens (primary N) is 1. The van der Waals surface area contributed by atoms with Gasteiger partial charge in [-0.2, -0.15) is 26.3 Å². The second-order valence-corrected chi connectivity index (χ2v) is 10.0. The largest absolute Gasteiger partial charge is 0.490 e. The maximum Gasteiger partial charge on any atom is 0.490 e. The van der Waals surface area contributed by atoms with Crippen LogP contribution in [0.25, 0.3) is 5.69 Å². The minimum atomic E-state index is -5.08. The number of carboxylic acid groups (broad SMARTS) is 1. The topological polar surface area (TPSA) is 111 Å². The van der Waals surface area contributed by atoms with Crippen LogP contribution in [0.15, 0.2) is 23.0 Å². The van der Waals surface area contributed by atoms with Gasteiger partial charge in [0.2, 0.25) is 0 Å². The highest BCUT2D eigenvalue weighted by atomic mass is 35.5. The number of hydrogen-bond donors (Lipinski definition) is 2. The van der Waals surface area contributed by atoms with Gasteiger partial charge in [0.15, 0.2) is 5.56 Å². The minimum Gasteiger partial charge on any atom is -0.475 e. The van der Waals surface area contributed by atoms with Crippen molar-refractivity contribution in [2.45, 2.75) is 51.2 Å². The number of carboxylic acids is 1. The first-order valence-electron chi connectivity index (χ1n) is 11.5. The first-order chi connectivity index (χ1) is 17.9. The quantitative estimate of drug-likeness (QED) is 0.472. The smallest absolute Gasteiger partial charge is 0.475 e. The SMILES string of the molecule is Cc1nc(N2CCC3(CC2)CO[C@@H](C)[C@H]3N)c(C(F)(F)F)c(=O)n1-c1cccc(Cl)c1Cl.O=C(O)C(F)(F)F. The maximum atomic E-state index is 14.1. The van der Waals surface area contributed by atoms with E-state index < -0.39 is 29.4 Å². The Hall–Kier alpha value is -2.55. The van der Waals surface area contributed by atoms with Crippen molar-refractivity contribution in [3.8, 4) is 5.69 Å². The summed E-state index contributed by atoms with van der Waals surface area (Å²) < 4.78 is 80.6. The van der Waals surface area contributed by atoms with Gasteiger partial charge in [-0.1, -0.05) is 29.3 Å². The van der Waals surface area contributed by atoms with Gasteiger partial charge in [0, 0.05) is 24.5 Å². The molecule has 216 valence electrons. The van der Waals surface area contributed by atoms with Crippen molar-refractivity contribution in [3.63, 3.8) is 0 Å². The van der Waals surface area contributed by atoms with E-state index in [1.54, 1.807) is 0 Å². The summed E-state index contributed by atoms with van der Waals surface area (Å²) in [7, 11) is 0. The monoisotopic (exact) mass is 604 g/mol. The van der Waals surface area contributed by atoms with E-state index in [1.807, 2.05) is 6.92 Å². The third kappa shape index (κ3) is 6.28. The summed E-state index contributed by atoms with van der Waals surface area (Å²) in [4.78, 5) is 27.8. The van der Waals surface area contributed by atoms with E-state index in [-0.39, 0.29) is 44.9 Å². The van der Waals surface area contributed by atoms with Crippen LogP contribution in [0, 0.1) is 12.3 Å². The Morgan fingerprint density at radius 1 is 1.18 bits per heavy atom. The van der Waals surface area contributed by atoms with Crippen LogP contribution in [0.5, 0.6) is 0 Å². The highest BCUT2D eigenvalue weighted by molar-refractivity contribution is 6.43. The van der Waals surface area contributed by atoms with Crippen LogP contribution in [0.3, 0.4) is 0 Å². The van der Waals surface area contributed by atoms with E-state index in [4.69, 9.17) is 43.6 Å². The predicted octanol–water partition coefficient (Wildman–Crippen LogP) is 4.83. The number of anilines is 1. The molecule has 3 N–H and O–H groups in total. The first-order valence-corrected chi connectivity index (χ1v) is 12.2. The number of hydrogen-bond acceptors (Lipinski definition) is 6. The Kier molecular flexibility index (Phi) is 8.85. The number of aliphatic carboxylic acids is 1. The van der Waals surface area contributed by atoms with Crippen molar-refractivity contribution in [2.75, 3.05) is 24.6 Å². The van der Waals surface area contributed by atoms with Crippen molar-refractivity contribution in [1.82, 2.24) is 9.55 Å². The lowest BCUT2D eigenvalue weighted by Crippen LogP contribution is -2.51. The summed E-state index contributed by atoms with van der Waals surface area (Å²) in [5, 5.41) is 7.23. The summed E-state index contributed by atoms with van der Waals surface area (Å²) in [6.45, 7) is 4.44. The zero-order valence-corrected chi connectivity index (χ0v) is 22.0. The highest BCUT2D eigenvalue weighted by Gasteiger charge is 2.49. The van der Waals surface area contributed by atoms with Crippen molar-refractivity contribution in [3.05, 3.63) is 50.0 Å². The molecule has 8 nitrogen and oxygen atoms in total. The Balaban J connectivity index is 0.000000532. The maximum absolute atomic E-state index is 14.1. The number of aryl methyl sites for hydroxylation is 1. The van der Waals surface area contributed by atoms with Gasteiger partial charge in [0.05, 0.1) is 28.4 Å². The number of carbonyl (C=O) groups is 1. The zero-order chi connectivity index (χ0) is 29.5. The van der Waals surface area contributed by atoms with E-state index in [0.717, 1.165) is 4.57 Å². The molecule has 0 bridgehead atoms. The van der Waals surface area contributed by atoms with E-state index in [9.17, 15) is 31.1 Å². The molecular formula is C23H24Cl2F6N4O4. The van der Waals surface area contributed by atoms with E-state index in [2.05, 4.69) is 4.98 Å². The van der Waals surface area contributed by atoms with Gasteiger partial charge in [0.1, 0.15) is 11.6 Å². The molecule has 2 aliphatic rings. The molecule has 0 aliphatic carbocycles. The summed E-state index contributed by atoms with van der Waals surface area (Å²) in [6.07, 6.45) is -8.98. The molecule has 0 radical (unpaired) electrons. The Labute approximate surface area is 228 Å².